The molecule has 2 aromatic carbocycles. The van der Waals surface area contributed by atoms with Crippen LogP contribution < -0.4 is 4.90 Å². The van der Waals surface area contributed by atoms with Gasteiger partial charge in [-0.2, -0.15) is 4.31 Å². The highest BCUT2D eigenvalue weighted by Crippen LogP contribution is 2.47. The van der Waals surface area contributed by atoms with E-state index in [2.05, 4.69) is 35.0 Å². The minimum absolute atomic E-state index is 0.400. The molecule has 0 unspecified atom stereocenters. The maximum Gasteiger partial charge on any atom is 0.243 e. The fourth-order valence-corrected chi connectivity index (χ4v) is 7.17. The predicted molar refractivity (Wildman–Crippen MR) is 120 cm³/mol. The topological polar surface area (TPSA) is 56.4 Å². The molecule has 1 N–H and O–H groups in total. The number of H-pyrrole nitrogens is 1. The normalized spacial score (nSPS) is 26.4. The molecule has 0 spiro atoms. The summed E-state index contributed by atoms with van der Waals surface area (Å²) in [5, 5.41) is 1.14. The van der Waals surface area contributed by atoms with E-state index in [9.17, 15) is 8.42 Å². The number of piperidine rings is 1. The van der Waals surface area contributed by atoms with E-state index in [4.69, 9.17) is 0 Å². The number of rotatable bonds is 4. The Labute approximate surface area is 177 Å². The van der Waals surface area contributed by atoms with E-state index in [1.165, 1.54) is 12.8 Å². The fraction of sp³-hybridized carbons (Fsp3) is 0.417. The number of nitrogens with one attached hydrogen (secondary N) is 1. The molecule has 3 atom stereocenters. The zero-order valence-corrected chi connectivity index (χ0v) is 18.0. The van der Waals surface area contributed by atoms with Gasteiger partial charge in [-0.05, 0) is 61.4 Å². The summed E-state index contributed by atoms with van der Waals surface area (Å²) in [4.78, 5) is 6.46. The lowest BCUT2D eigenvalue weighted by Gasteiger charge is -2.33. The molecule has 2 saturated heterocycles. The first-order valence-corrected chi connectivity index (χ1v) is 12.5. The van der Waals surface area contributed by atoms with Crippen LogP contribution in [-0.2, 0) is 10.0 Å². The van der Waals surface area contributed by atoms with Crippen molar-refractivity contribution in [1.29, 1.82) is 0 Å². The predicted octanol–water partition coefficient (Wildman–Crippen LogP) is 4.46. The first-order chi connectivity index (χ1) is 14.5. The molecule has 2 aliphatic heterocycles. The van der Waals surface area contributed by atoms with Crippen molar-refractivity contribution in [2.45, 2.75) is 37.1 Å². The Hall–Kier alpha value is -2.31. The van der Waals surface area contributed by atoms with E-state index in [0.29, 0.717) is 29.9 Å². The minimum atomic E-state index is -3.42. The molecular formula is C24H27N3O2S. The number of para-hydroxylation sites is 1. The van der Waals surface area contributed by atoms with Crippen LogP contribution >= 0.6 is 0 Å². The van der Waals surface area contributed by atoms with Gasteiger partial charge < -0.3 is 9.88 Å². The van der Waals surface area contributed by atoms with E-state index in [1.807, 2.05) is 30.3 Å². The molecule has 0 radical (unpaired) electrons. The van der Waals surface area contributed by atoms with Crippen LogP contribution in [0.15, 0.2) is 53.4 Å². The molecule has 0 amide bonds. The van der Waals surface area contributed by atoms with Gasteiger partial charge in [0.25, 0.3) is 0 Å². The van der Waals surface area contributed by atoms with Gasteiger partial charge in [0, 0.05) is 53.5 Å². The van der Waals surface area contributed by atoms with Gasteiger partial charge >= 0.3 is 0 Å². The molecule has 3 aliphatic rings. The largest absolute Gasteiger partial charge is 0.367 e. The Balaban J connectivity index is 1.50. The van der Waals surface area contributed by atoms with Crippen LogP contribution in [-0.4, -0.2) is 43.4 Å². The van der Waals surface area contributed by atoms with Crippen LogP contribution in [0.25, 0.3) is 22.2 Å². The highest BCUT2D eigenvalue weighted by Gasteiger charge is 2.45. The van der Waals surface area contributed by atoms with Crippen LogP contribution in [0, 0.1) is 11.8 Å². The summed E-state index contributed by atoms with van der Waals surface area (Å²) in [6, 6.07) is 16.7. The van der Waals surface area contributed by atoms with Gasteiger partial charge in [-0.3, -0.25) is 0 Å². The Bertz CT molecular complexity index is 1200. The van der Waals surface area contributed by atoms with Gasteiger partial charge in [-0.15, -0.1) is 0 Å². The van der Waals surface area contributed by atoms with Gasteiger partial charge in [-0.25, -0.2) is 8.42 Å². The third-order valence-electron chi connectivity index (χ3n) is 7.57. The van der Waals surface area contributed by atoms with Gasteiger partial charge in [0.2, 0.25) is 10.0 Å². The Morgan fingerprint density at radius 3 is 2.53 bits per heavy atom. The van der Waals surface area contributed by atoms with Crippen molar-refractivity contribution in [1.82, 2.24) is 9.29 Å². The second-order valence-corrected chi connectivity index (χ2v) is 11.1. The molecule has 2 bridgehead atoms. The van der Waals surface area contributed by atoms with Crippen LogP contribution in [0.1, 0.15) is 26.2 Å². The summed E-state index contributed by atoms with van der Waals surface area (Å²) in [6.45, 7) is 4.68. The third kappa shape index (κ3) is 2.66. The first kappa shape index (κ1) is 18.5. The number of benzene rings is 2. The second kappa shape index (κ2) is 6.59. The number of nitrogens with zero attached hydrogens (tertiary/aromatic N) is 2. The maximum atomic E-state index is 13.1. The molecule has 3 aromatic rings. The summed E-state index contributed by atoms with van der Waals surface area (Å²) in [6.07, 6.45) is 3.48. The number of aromatic amines is 1. The number of fused-ring (bicyclic) bond motifs is 3. The lowest BCUT2D eigenvalue weighted by Crippen LogP contribution is -2.42. The van der Waals surface area contributed by atoms with Crippen LogP contribution in [0.3, 0.4) is 0 Å². The molecule has 1 aromatic heterocycles. The second-order valence-electron chi connectivity index (χ2n) is 9.12. The molecule has 3 heterocycles. The quantitative estimate of drug-likeness (QED) is 0.676. The number of hydrogen-bond donors (Lipinski definition) is 1. The fourth-order valence-electron chi connectivity index (χ4n) is 5.62. The molecule has 1 aliphatic carbocycles. The van der Waals surface area contributed by atoms with Crippen LogP contribution in [0.5, 0.6) is 0 Å². The van der Waals surface area contributed by atoms with Crippen molar-refractivity contribution in [3.63, 3.8) is 0 Å². The van der Waals surface area contributed by atoms with Crippen LogP contribution in [0.4, 0.5) is 5.69 Å². The monoisotopic (exact) mass is 421 g/mol. The third-order valence-corrected chi connectivity index (χ3v) is 9.46. The lowest BCUT2D eigenvalue weighted by atomic mass is 10.0. The molecule has 1 saturated carbocycles. The van der Waals surface area contributed by atoms with Crippen molar-refractivity contribution in [3.8, 4) is 11.3 Å². The summed E-state index contributed by atoms with van der Waals surface area (Å²) >= 11 is 0. The maximum absolute atomic E-state index is 13.1. The van der Waals surface area contributed by atoms with Gasteiger partial charge in [0.05, 0.1) is 4.90 Å². The summed E-state index contributed by atoms with van der Waals surface area (Å²) < 4.78 is 27.7. The first-order valence-electron chi connectivity index (χ1n) is 11.0. The van der Waals surface area contributed by atoms with Crippen molar-refractivity contribution in [3.05, 3.63) is 48.5 Å². The number of hydrogen-bond acceptors (Lipinski definition) is 3. The highest BCUT2D eigenvalue weighted by atomic mass is 32.2. The average Bonchev–Trinajstić information content (AvgIpc) is 3.38. The number of sulfonamides is 1. The molecule has 5 nitrogen and oxygen atoms in total. The zero-order valence-electron chi connectivity index (χ0n) is 17.2. The highest BCUT2D eigenvalue weighted by molar-refractivity contribution is 7.89. The molecular weight excluding hydrogens is 394 g/mol. The van der Waals surface area contributed by atoms with Gasteiger partial charge in [0.15, 0.2) is 0 Å². The zero-order chi connectivity index (χ0) is 20.5. The number of anilines is 1. The smallest absolute Gasteiger partial charge is 0.243 e. The van der Waals surface area contributed by atoms with Crippen LogP contribution in [0.2, 0.25) is 0 Å². The molecule has 30 heavy (non-hydrogen) atoms. The van der Waals surface area contributed by atoms with E-state index >= 15 is 0 Å². The Morgan fingerprint density at radius 1 is 1.03 bits per heavy atom. The summed E-state index contributed by atoms with van der Waals surface area (Å²) in [7, 11) is -3.42. The van der Waals surface area contributed by atoms with Crippen molar-refractivity contribution in [2.24, 2.45) is 11.8 Å². The van der Waals surface area contributed by atoms with Gasteiger partial charge in [0.1, 0.15) is 0 Å². The van der Waals surface area contributed by atoms with Crippen molar-refractivity contribution in [2.75, 3.05) is 24.5 Å². The lowest BCUT2D eigenvalue weighted by molar-refractivity contribution is 0.309. The van der Waals surface area contributed by atoms with Gasteiger partial charge in [-0.1, -0.05) is 25.1 Å². The van der Waals surface area contributed by atoms with E-state index in [1.54, 1.807) is 4.31 Å². The van der Waals surface area contributed by atoms with E-state index in [0.717, 1.165) is 46.7 Å². The Kier molecular flexibility index (Phi) is 4.06. The van der Waals surface area contributed by atoms with E-state index in [-0.39, 0.29) is 0 Å². The van der Waals surface area contributed by atoms with Crippen molar-refractivity contribution >= 4 is 26.6 Å². The van der Waals surface area contributed by atoms with E-state index < -0.39 is 10.0 Å². The standard InChI is InChI=1S/C24H27N3O2S/c1-16-18-7-9-23(16)27(15-18)24-10-8-19(30(28,29)26-11-4-12-26)14-20(24)22-13-17-5-2-3-6-21(17)25-22/h2-3,5-6,8,10,13-14,16,18,23,25H,4,7,9,11-12,15H2,1H3/t16-,18-,23-/m1/s1. The molecule has 156 valence electrons. The minimum Gasteiger partial charge on any atom is -0.367 e. The molecule has 6 rings (SSSR count). The number of aromatic nitrogens is 1. The summed E-state index contributed by atoms with van der Waals surface area (Å²) in [5.41, 5.74) is 4.21. The summed E-state index contributed by atoms with van der Waals surface area (Å²) in [5.74, 6) is 1.44. The average molecular weight is 422 g/mol. The Morgan fingerprint density at radius 2 is 1.87 bits per heavy atom. The molecule has 3 fully saturated rings. The SMILES string of the molecule is C[C@@H]1[C@@H]2CC[C@H]1N(c1ccc(S(=O)(=O)N3CCC3)cc1-c1cc3ccccc3[nH]1)C2. The van der Waals surface area contributed by atoms with Crippen molar-refractivity contribution < 1.29 is 8.42 Å². The molecule has 6 heteroatoms.